The summed E-state index contributed by atoms with van der Waals surface area (Å²) >= 11 is 0. The van der Waals surface area contributed by atoms with Crippen LogP contribution in [0.5, 0.6) is 0 Å². The van der Waals surface area contributed by atoms with E-state index in [-0.39, 0.29) is 18.3 Å². The van der Waals surface area contributed by atoms with Gasteiger partial charge in [-0.3, -0.25) is 4.79 Å². The number of hydrogen-bond acceptors (Lipinski definition) is 2. The molecule has 16 heavy (non-hydrogen) atoms. The third-order valence-corrected chi connectivity index (χ3v) is 2.79. The molecule has 0 unspecified atom stereocenters. The fraction of sp³-hybridized carbons (Fsp3) is 0.417. The molecule has 2 rings (SSSR count). The fourth-order valence-corrected chi connectivity index (χ4v) is 1.92. The maximum absolute atomic E-state index is 11.7. The maximum atomic E-state index is 11.7. The topological polar surface area (TPSA) is 46.3 Å². The van der Waals surface area contributed by atoms with Crippen molar-refractivity contribution in [3.8, 4) is 0 Å². The Hall–Kier alpha value is -1.06. The highest BCUT2D eigenvalue weighted by atomic mass is 35.5. The molecule has 0 saturated carbocycles. The SMILES string of the molecule is Cl.NCCCC(=O)N1Cc2ccccc2C1. The maximum Gasteiger partial charge on any atom is 0.223 e. The highest BCUT2D eigenvalue weighted by molar-refractivity contribution is 5.85. The van der Waals surface area contributed by atoms with Gasteiger partial charge in [-0.1, -0.05) is 24.3 Å². The molecule has 0 spiro atoms. The van der Waals surface area contributed by atoms with Crippen molar-refractivity contribution in [2.24, 2.45) is 5.73 Å². The smallest absolute Gasteiger partial charge is 0.223 e. The minimum atomic E-state index is 0. The van der Waals surface area contributed by atoms with Gasteiger partial charge in [0, 0.05) is 19.5 Å². The lowest BCUT2D eigenvalue weighted by molar-refractivity contribution is -0.131. The quantitative estimate of drug-likeness (QED) is 0.874. The van der Waals surface area contributed by atoms with E-state index in [0.717, 1.165) is 19.5 Å². The Morgan fingerprint density at radius 2 is 1.81 bits per heavy atom. The number of carbonyl (C=O) groups is 1. The summed E-state index contributed by atoms with van der Waals surface area (Å²) < 4.78 is 0. The largest absolute Gasteiger partial charge is 0.334 e. The van der Waals surface area contributed by atoms with E-state index in [0.29, 0.717) is 13.0 Å². The summed E-state index contributed by atoms with van der Waals surface area (Å²) in [6, 6.07) is 8.22. The molecular formula is C12H17ClN2O. The van der Waals surface area contributed by atoms with Crippen molar-refractivity contribution in [1.29, 1.82) is 0 Å². The molecule has 3 nitrogen and oxygen atoms in total. The van der Waals surface area contributed by atoms with Crippen LogP contribution in [0.25, 0.3) is 0 Å². The second-order valence-corrected chi connectivity index (χ2v) is 3.91. The number of fused-ring (bicyclic) bond motifs is 1. The third-order valence-electron chi connectivity index (χ3n) is 2.79. The molecule has 1 aliphatic rings. The van der Waals surface area contributed by atoms with E-state index in [1.807, 2.05) is 17.0 Å². The third kappa shape index (κ3) is 2.74. The molecule has 2 N–H and O–H groups in total. The van der Waals surface area contributed by atoms with Gasteiger partial charge in [0.15, 0.2) is 0 Å². The summed E-state index contributed by atoms with van der Waals surface area (Å²) in [5, 5.41) is 0. The molecule has 1 amide bonds. The standard InChI is InChI=1S/C12H16N2O.ClH/c13-7-3-6-12(15)14-8-10-4-1-2-5-11(10)9-14;/h1-2,4-5H,3,6-9,13H2;1H. The molecule has 0 saturated heterocycles. The van der Waals surface area contributed by atoms with E-state index in [1.165, 1.54) is 11.1 Å². The molecule has 1 aromatic rings. The first kappa shape index (κ1) is 13.0. The number of benzene rings is 1. The van der Waals surface area contributed by atoms with Crippen LogP contribution >= 0.6 is 12.4 Å². The first-order valence-electron chi connectivity index (χ1n) is 5.36. The zero-order valence-corrected chi connectivity index (χ0v) is 10.0. The lowest BCUT2D eigenvalue weighted by Gasteiger charge is -2.14. The van der Waals surface area contributed by atoms with Crippen molar-refractivity contribution in [1.82, 2.24) is 4.90 Å². The van der Waals surface area contributed by atoms with Crippen LogP contribution in [0.4, 0.5) is 0 Å². The fourth-order valence-electron chi connectivity index (χ4n) is 1.92. The van der Waals surface area contributed by atoms with Crippen molar-refractivity contribution in [2.45, 2.75) is 25.9 Å². The van der Waals surface area contributed by atoms with Crippen LogP contribution in [0.3, 0.4) is 0 Å². The molecule has 0 aromatic heterocycles. The zero-order valence-electron chi connectivity index (χ0n) is 9.19. The summed E-state index contributed by atoms with van der Waals surface area (Å²) in [6.07, 6.45) is 1.36. The Morgan fingerprint density at radius 3 is 2.31 bits per heavy atom. The van der Waals surface area contributed by atoms with Gasteiger partial charge >= 0.3 is 0 Å². The van der Waals surface area contributed by atoms with Gasteiger partial charge in [0.2, 0.25) is 5.91 Å². The van der Waals surface area contributed by atoms with Gasteiger partial charge in [-0.15, -0.1) is 12.4 Å². The number of carbonyl (C=O) groups excluding carboxylic acids is 1. The molecule has 0 atom stereocenters. The summed E-state index contributed by atoms with van der Waals surface area (Å²) in [4.78, 5) is 13.6. The number of hydrogen-bond donors (Lipinski definition) is 1. The first-order valence-corrected chi connectivity index (χ1v) is 5.36. The Morgan fingerprint density at radius 1 is 1.25 bits per heavy atom. The number of amides is 1. The predicted octanol–water partition coefficient (Wildman–Crippen LogP) is 1.69. The summed E-state index contributed by atoms with van der Waals surface area (Å²) in [6.45, 7) is 2.12. The monoisotopic (exact) mass is 240 g/mol. The first-order chi connectivity index (χ1) is 7.31. The highest BCUT2D eigenvalue weighted by Crippen LogP contribution is 2.22. The van der Waals surface area contributed by atoms with Crippen LogP contribution in [0.1, 0.15) is 24.0 Å². The molecule has 1 aliphatic heterocycles. The van der Waals surface area contributed by atoms with Crippen LogP contribution in [0.2, 0.25) is 0 Å². The Labute approximate surface area is 102 Å². The lowest BCUT2D eigenvalue weighted by atomic mass is 10.1. The molecule has 0 aliphatic carbocycles. The second-order valence-electron chi connectivity index (χ2n) is 3.91. The molecule has 0 radical (unpaired) electrons. The minimum absolute atomic E-state index is 0. The van der Waals surface area contributed by atoms with Gasteiger partial charge in [-0.25, -0.2) is 0 Å². The minimum Gasteiger partial charge on any atom is -0.334 e. The second kappa shape index (κ2) is 5.87. The van der Waals surface area contributed by atoms with Crippen LogP contribution in [0.15, 0.2) is 24.3 Å². The highest BCUT2D eigenvalue weighted by Gasteiger charge is 2.21. The lowest BCUT2D eigenvalue weighted by Crippen LogP contribution is -2.25. The van der Waals surface area contributed by atoms with E-state index in [9.17, 15) is 4.79 Å². The van der Waals surface area contributed by atoms with E-state index in [1.54, 1.807) is 0 Å². The number of nitrogens with zero attached hydrogens (tertiary/aromatic N) is 1. The van der Waals surface area contributed by atoms with Crippen molar-refractivity contribution >= 4 is 18.3 Å². The van der Waals surface area contributed by atoms with Crippen LogP contribution in [-0.2, 0) is 17.9 Å². The van der Waals surface area contributed by atoms with E-state index in [2.05, 4.69) is 12.1 Å². The summed E-state index contributed by atoms with van der Waals surface area (Å²) in [5.74, 6) is 0.219. The van der Waals surface area contributed by atoms with Crippen LogP contribution in [0, 0.1) is 0 Å². The van der Waals surface area contributed by atoms with Crippen molar-refractivity contribution in [3.63, 3.8) is 0 Å². The van der Waals surface area contributed by atoms with Crippen molar-refractivity contribution in [2.75, 3.05) is 6.54 Å². The number of nitrogens with two attached hydrogens (primary N) is 1. The van der Waals surface area contributed by atoms with Gasteiger partial charge in [0.1, 0.15) is 0 Å². The molecular weight excluding hydrogens is 224 g/mol. The molecule has 4 heteroatoms. The van der Waals surface area contributed by atoms with Gasteiger partial charge < -0.3 is 10.6 Å². The number of halogens is 1. The van der Waals surface area contributed by atoms with E-state index >= 15 is 0 Å². The van der Waals surface area contributed by atoms with E-state index < -0.39 is 0 Å². The number of rotatable bonds is 3. The molecule has 1 aromatic carbocycles. The normalized spacial score (nSPS) is 13.2. The zero-order chi connectivity index (χ0) is 10.7. The van der Waals surface area contributed by atoms with Crippen LogP contribution in [-0.4, -0.2) is 17.4 Å². The summed E-state index contributed by atoms with van der Waals surface area (Å²) in [5.41, 5.74) is 7.94. The Kier molecular flexibility index (Phi) is 4.77. The van der Waals surface area contributed by atoms with E-state index in [4.69, 9.17) is 5.73 Å². The predicted molar refractivity (Wildman–Crippen MR) is 66.2 cm³/mol. The molecule has 1 heterocycles. The Bertz CT molecular complexity index is 343. The summed E-state index contributed by atoms with van der Waals surface area (Å²) in [7, 11) is 0. The van der Waals surface area contributed by atoms with Gasteiger partial charge in [-0.05, 0) is 24.1 Å². The van der Waals surface area contributed by atoms with Crippen molar-refractivity contribution < 1.29 is 4.79 Å². The average Bonchev–Trinajstić information content (AvgIpc) is 2.69. The Balaban J connectivity index is 0.00000128. The molecule has 0 fully saturated rings. The van der Waals surface area contributed by atoms with Gasteiger partial charge in [0.05, 0.1) is 0 Å². The van der Waals surface area contributed by atoms with Crippen LogP contribution < -0.4 is 5.73 Å². The average molecular weight is 241 g/mol. The van der Waals surface area contributed by atoms with Gasteiger partial charge in [-0.2, -0.15) is 0 Å². The van der Waals surface area contributed by atoms with Crippen molar-refractivity contribution in [3.05, 3.63) is 35.4 Å². The molecule has 88 valence electrons. The molecule has 0 bridgehead atoms. The van der Waals surface area contributed by atoms with Gasteiger partial charge in [0.25, 0.3) is 0 Å².